The second kappa shape index (κ2) is 4.03. The van der Waals surface area contributed by atoms with Crippen LogP contribution in [0.4, 0.5) is 8.63 Å². The highest BCUT2D eigenvalue weighted by Crippen LogP contribution is 1.92. The predicted octanol–water partition coefficient (Wildman–Crippen LogP) is 0.552. The van der Waals surface area contributed by atoms with Crippen LogP contribution in [0.15, 0.2) is 0 Å². The Labute approximate surface area is 51.1 Å². The van der Waals surface area contributed by atoms with Gasteiger partial charge in [0.15, 0.2) is 0 Å². The normalized spacial score (nSPS) is 10.1. The summed E-state index contributed by atoms with van der Waals surface area (Å²) in [6.07, 6.45) is 0. The van der Waals surface area contributed by atoms with E-state index in [2.05, 4.69) is 0 Å². The van der Waals surface area contributed by atoms with Crippen molar-refractivity contribution in [2.24, 2.45) is 0 Å². The van der Waals surface area contributed by atoms with E-state index in [1.807, 2.05) is 0 Å². The largest absolute Gasteiger partial charge is 0.536 e. The van der Waals surface area contributed by atoms with Crippen molar-refractivity contribution in [1.29, 1.82) is 0 Å². The van der Waals surface area contributed by atoms with E-state index in [4.69, 9.17) is 0 Å². The van der Waals surface area contributed by atoms with E-state index < -0.39 is 7.27 Å². The Bertz CT molecular complexity index is 53.2. The van der Waals surface area contributed by atoms with E-state index in [-0.39, 0.29) is 15.6 Å². The van der Waals surface area contributed by atoms with Crippen LogP contribution in [0.1, 0.15) is 0 Å². The first-order chi connectivity index (χ1) is 3.63. The molecule has 0 heterocycles. The highest BCUT2D eigenvalue weighted by atomic mass is 28.2. The smallest absolute Gasteiger partial charge is 0.331 e. The highest BCUT2D eigenvalue weighted by Gasteiger charge is 2.11. The SMILES string of the molecule is CN(C)[Si]CB(F)F. The molecule has 2 radical (unpaired) electrons. The van der Waals surface area contributed by atoms with Crippen LogP contribution in [0.2, 0.25) is 5.94 Å². The van der Waals surface area contributed by atoms with Gasteiger partial charge in [-0.1, -0.05) is 0 Å². The summed E-state index contributed by atoms with van der Waals surface area (Å²) in [5.41, 5.74) is 0. The molecule has 0 unspecified atom stereocenters. The van der Waals surface area contributed by atoms with E-state index in [1.54, 1.807) is 18.7 Å². The van der Waals surface area contributed by atoms with Crippen molar-refractivity contribution in [2.75, 3.05) is 14.1 Å². The lowest BCUT2D eigenvalue weighted by molar-refractivity contribution is 0.641. The quantitative estimate of drug-likeness (QED) is 0.511. The van der Waals surface area contributed by atoms with Gasteiger partial charge in [-0.05, 0) is 20.0 Å². The summed E-state index contributed by atoms with van der Waals surface area (Å²) in [7, 11) is 1.69. The van der Waals surface area contributed by atoms with Crippen LogP contribution < -0.4 is 0 Å². The molecule has 0 aliphatic heterocycles. The van der Waals surface area contributed by atoms with Crippen LogP contribution in [0, 0.1) is 0 Å². The van der Waals surface area contributed by atoms with E-state index in [0.29, 0.717) is 0 Å². The zero-order chi connectivity index (χ0) is 6.57. The number of halogens is 2. The Morgan fingerprint density at radius 2 is 2.00 bits per heavy atom. The van der Waals surface area contributed by atoms with Gasteiger partial charge in [0.2, 0.25) is 0 Å². The monoisotopic (exact) mass is 135 g/mol. The maximum atomic E-state index is 11.4. The predicted molar refractivity (Wildman–Crippen MR) is 32.2 cm³/mol. The minimum Gasteiger partial charge on any atom is -0.331 e. The van der Waals surface area contributed by atoms with Gasteiger partial charge in [0, 0.05) is 0 Å². The maximum absolute atomic E-state index is 11.4. The molecule has 0 saturated heterocycles. The van der Waals surface area contributed by atoms with Crippen molar-refractivity contribution in [1.82, 2.24) is 4.57 Å². The average molecular weight is 135 g/mol. The molecular weight excluding hydrogens is 127 g/mol. The number of hydrogen-bond acceptors (Lipinski definition) is 1. The summed E-state index contributed by atoms with van der Waals surface area (Å²) >= 11 is 0. The molecule has 0 rings (SSSR count). The fourth-order valence-corrected chi connectivity index (χ4v) is 0.755. The fraction of sp³-hybridized carbons (Fsp3) is 1.00. The molecule has 1 nitrogen and oxygen atoms in total. The molecule has 0 aromatic heterocycles. The molecule has 0 fully saturated rings. The standard InChI is InChI=1S/C3H8BF2NSi/c1-7(2)8-3-4(5)6/h3H2,1-2H3. The molecule has 8 heavy (non-hydrogen) atoms. The third kappa shape index (κ3) is 6.10. The summed E-state index contributed by atoms with van der Waals surface area (Å²) in [5.74, 6) is 0.00694. The van der Waals surface area contributed by atoms with Crippen LogP contribution >= 0.6 is 0 Å². The molecule has 46 valence electrons. The lowest BCUT2D eigenvalue weighted by atomic mass is 10.1. The molecule has 0 bridgehead atoms. The van der Waals surface area contributed by atoms with Gasteiger partial charge >= 0.3 is 7.27 Å². The maximum Gasteiger partial charge on any atom is 0.536 e. The summed E-state index contributed by atoms with van der Waals surface area (Å²) in [4.78, 5) is 0. The first-order valence-electron chi connectivity index (χ1n) is 2.32. The first-order valence-corrected chi connectivity index (χ1v) is 3.47. The van der Waals surface area contributed by atoms with Gasteiger partial charge in [-0.15, -0.1) is 0 Å². The Hall–Kier alpha value is 0.102. The fourth-order valence-electron chi connectivity index (χ4n) is 0.252. The van der Waals surface area contributed by atoms with Crippen LogP contribution in [0.25, 0.3) is 0 Å². The van der Waals surface area contributed by atoms with E-state index in [1.165, 1.54) is 0 Å². The van der Waals surface area contributed by atoms with Crippen molar-refractivity contribution < 1.29 is 8.63 Å². The van der Waals surface area contributed by atoms with Crippen molar-refractivity contribution in [2.45, 2.75) is 5.94 Å². The minimum absolute atomic E-state index is 0.00694. The number of rotatable bonds is 3. The lowest BCUT2D eigenvalue weighted by Crippen LogP contribution is -2.20. The molecule has 0 atom stereocenters. The van der Waals surface area contributed by atoms with Crippen LogP contribution in [0.5, 0.6) is 0 Å². The zero-order valence-corrected chi connectivity index (χ0v) is 5.99. The van der Waals surface area contributed by atoms with E-state index >= 15 is 0 Å². The Morgan fingerprint density at radius 1 is 1.50 bits per heavy atom. The zero-order valence-electron chi connectivity index (χ0n) is 4.99. The molecule has 0 aliphatic carbocycles. The Balaban J connectivity index is 2.93. The van der Waals surface area contributed by atoms with Crippen molar-refractivity contribution in [3.8, 4) is 0 Å². The summed E-state index contributed by atoms with van der Waals surface area (Å²) in [6.45, 7) is 0. The van der Waals surface area contributed by atoms with E-state index in [0.717, 1.165) is 0 Å². The van der Waals surface area contributed by atoms with Crippen molar-refractivity contribution >= 4 is 16.9 Å². The molecule has 0 aliphatic rings. The van der Waals surface area contributed by atoms with Crippen molar-refractivity contribution in [3.63, 3.8) is 0 Å². The summed E-state index contributed by atoms with van der Waals surface area (Å²) in [6, 6.07) is 0. The highest BCUT2D eigenvalue weighted by molar-refractivity contribution is 6.58. The molecule has 0 aromatic rings. The first kappa shape index (κ1) is 8.10. The third-order valence-electron chi connectivity index (χ3n) is 0.562. The van der Waals surface area contributed by atoms with Gasteiger partial charge in [0.1, 0.15) is 9.68 Å². The van der Waals surface area contributed by atoms with Crippen LogP contribution in [-0.4, -0.2) is 35.6 Å². The minimum atomic E-state index is -2.14. The third-order valence-corrected chi connectivity index (χ3v) is 1.69. The average Bonchev–Trinajstić information content (AvgIpc) is 1.61. The molecule has 0 N–H and O–H groups in total. The molecule has 0 spiro atoms. The van der Waals surface area contributed by atoms with Crippen LogP contribution in [-0.2, 0) is 0 Å². The molecule has 5 heteroatoms. The Morgan fingerprint density at radius 3 is 2.12 bits per heavy atom. The van der Waals surface area contributed by atoms with Gasteiger partial charge in [0.05, 0.1) is 0 Å². The van der Waals surface area contributed by atoms with Gasteiger partial charge in [-0.25, -0.2) is 0 Å². The summed E-state index contributed by atoms with van der Waals surface area (Å²) < 4.78 is 24.5. The molecule has 0 aromatic carbocycles. The number of hydrogen-bond donors (Lipinski definition) is 0. The van der Waals surface area contributed by atoms with Crippen molar-refractivity contribution in [3.05, 3.63) is 0 Å². The summed E-state index contributed by atoms with van der Waals surface area (Å²) in [5, 5.41) is 0. The topological polar surface area (TPSA) is 3.24 Å². The second-order valence-corrected chi connectivity index (χ2v) is 3.27. The molecule has 0 saturated carbocycles. The number of nitrogens with zero attached hydrogens (tertiary/aromatic N) is 1. The lowest BCUT2D eigenvalue weighted by Gasteiger charge is -2.03. The van der Waals surface area contributed by atoms with Gasteiger partial charge in [-0.2, -0.15) is 0 Å². The second-order valence-electron chi connectivity index (χ2n) is 1.65. The van der Waals surface area contributed by atoms with E-state index in [9.17, 15) is 8.63 Å². The molecular formula is C3H8BF2NSi. The Kier molecular flexibility index (Phi) is 4.08. The van der Waals surface area contributed by atoms with Gasteiger partial charge in [-0.3, -0.25) is 8.63 Å². The van der Waals surface area contributed by atoms with Crippen LogP contribution in [0.3, 0.4) is 0 Å². The van der Waals surface area contributed by atoms with Gasteiger partial charge < -0.3 is 4.57 Å². The molecule has 0 amide bonds. The van der Waals surface area contributed by atoms with Gasteiger partial charge in [0.25, 0.3) is 0 Å².